The average molecular weight is 1140 g/mol. The molecule has 0 aromatic carbocycles. The molecule has 3 heterocycles. The molecular formula is C50H83N11O19. The highest BCUT2D eigenvalue weighted by molar-refractivity contribution is 6.00. The van der Waals surface area contributed by atoms with Crippen LogP contribution in [0, 0.1) is 0 Å². The number of aliphatic imine (C=N–C) groups is 1. The van der Waals surface area contributed by atoms with Crippen LogP contribution in [0.1, 0.15) is 136 Å². The molecule has 3 aliphatic rings. The fourth-order valence-electron chi connectivity index (χ4n) is 9.60. The standard InChI is InChI=1S/C50H83N11O19/c1-4-5-6-7-8-9-10-11-12-13-14-17-28-24-33(65)57-34(27(3)63)42(70)54-26(2)45(73)60-22-16-19-31(60)41(69)55-29(18-15-21-53-50(51)52)40(68)58-35(38(66)47(75)76)43(71)56-30(25-62)46(74)61-23-20-32(64)37(61)44(72)59-36(49(79)80-28)39(67)48(77)78/h26-32,34-39,62-64,66-67H,4-25H2,1-3H3,(H,54,70)(H,55,69)(H,56,71)(H,57,65)(H,58,68)(H,59,72)(H,75,76)(H,77,78)(H4,51,52,53)/t26-,27+,28-,29-,30+,31-,32-,34-,35+,36+,37-,38-,39+/m0/s1. The highest BCUT2D eigenvalue weighted by atomic mass is 16.5. The van der Waals surface area contributed by atoms with Crippen LogP contribution in [-0.4, -0.2) is 222 Å². The first-order chi connectivity index (χ1) is 37.8. The van der Waals surface area contributed by atoms with Crippen molar-refractivity contribution in [2.24, 2.45) is 16.5 Å². The van der Waals surface area contributed by atoms with E-state index in [0.717, 1.165) is 63.2 Å². The lowest BCUT2D eigenvalue weighted by atomic mass is 10.0. The molecule has 0 aliphatic carbocycles. The third-order valence-electron chi connectivity index (χ3n) is 14.0. The molecule has 13 atom stereocenters. The Kier molecular flexibility index (Phi) is 28.5. The van der Waals surface area contributed by atoms with Crippen LogP contribution in [0.25, 0.3) is 0 Å². The van der Waals surface area contributed by atoms with E-state index in [2.05, 4.69) is 27.9 Å². The third kappa shape index (κ3) is 20.7. The Labute approximate surface area is 462 Å². The first-order valence-electron chi connectivity index (χ1n) is 27.3. The lowest BCUT2D eigenvalue weighted by Gasteiger charge is -2.32. The normalized spacial score (nSPS) is 27.5. The summed E-state index contributed by atoms with van der Waals surface area (Å²) in [6, 6.07) is -15.3. The minimum atomic E-state index is -2.77. The number of hydrogen-bond acceptors (Lipinski definition) is 18. The van der Waals surface area contributed by atoms with Gasteiger partial charge in [0.05, 0.1) is 25.2 Å². The molecule has 17 N–H and O–H groups in total. The third-order valence-corrected chi connectivity index (χ3v) is 14.0. The van der Waals surface area contributed by atoms with Crippen molar-refractivity contribution in [1.29, 1.82) is 0 Å². The van der Waals surface area contributed by atoms with Crippen LogP contribution in [-0.2, 0) is 57.5 Å². The predicted molar refractivity (Wildman–Crippen MR) is 280 cm³/mol. The minimum absolute atomic E-state index is 0.0305. The van der Waals surface area contributed by atoms with E-state index in [-0.39, 0.29) is 57.6 Å². The molecule has 3 fully saturated rings. The summed E-state index contributed by atoms with van der Waals surface area (Å²) in [5.41, 5.74) is 10.9. The van der Waals surface area contributed by atoms with Crippen molar-refractivity contribution >= 4 is 71.1 Å². The van der Waals surface area contributed by atoms with E-state index in [1.165, 1.54) is 13.3 Å². The zero-order valence-corrected chi connectivity index (χ0v) is 45.6. The van der Waals surface area contributed by atoms with E-state index in [9.17, 15) is 88.5 Å². The first kappa shape index (κ1) is 67.5. The number of aliphatic carboxylic acids is 2. The number of nitrogens with one attached hydrogen (secondary N) is 6. The molecule has 0 radical (unpaired) electrons. The van der Waals surface area contributed by atoms with Crippen molar-refractivity contribution in [2.75, 3.05) is 26.2 Å². The van der Waals surface area contributed by atoms with Crippen molar-refractivity contribution in [3.8, 4) is 0 Å². The Morgan fingerprint density at radius 3 is 1.79 bits per heavy atom. The van der Waals surface area contributed by atoms with Crippen molar-refractivity contribution in [2.45, 2.75) is 215 Å². The van der Waals surface area contributed by atoms with Gasteiger partial charge in [-0.2, -0.15) is 0 Å². The molecule has 0 bridgehead atoms. The van der Waals surface area contributed by atoms with Crippen LogP contribution < -0.4 is 43.4 Å². The van der Waals surface area contributed by atoms with Crippen LogP contribution in [0.2, 0.25) is 0 Å². The second kappa shape index (κ2) is 33.7. The quantitative estimate of drug-likeness (QED) is 0.0209. The van der Waals surface area contributed by atoms with E-state index in [1.807, 2.05) is 16.0 Å². The van der Waals surface area contributed by atoms with Gasteiger partial charge in [-0.3, -0.25) is 43.3 Å². The fourth-order valence-corrected chi connectivity index (χ4v) is 9.60. The number of fused-ring (bicyclic) bond motifs is 2. The highest BCUT2D eigenvalue weighted by Gasteiger charge is 2.47. The van der Waals surface area contributed by atoms with Crippen LogP contribution >= 0.6 is 0 Å². The van der Waals surface area contributed by atoms with E-state index in [0.29, 0.717) is 17.7 Å². The molecule has 0 aromatic heterocycles. The summed E-state index contributed by atoms with van der Waals surface area (Å²) >= 11 is 0. The van der Waals surface area contributed by atoms with Crippen molar-refractivity contribution in [1.82, 2.24) is 41.7 Å². The average Bonchev–Trinajstić information content (AvgIpc) is 4.06. The number of aliphatic hydroxyl groups is 5. The van der Waals surface area contributed by atoms with Gasteiger partial charge >= 0.3 is 17.9 Å². The van der Waals surface area contributed by atoms with Gasteiger partial charge in [0.2, 0.25) is 47.3 Å². The number of esters is 1. The Morgan fingerprint density at radius 1 is 0.650 bits per heavy atom. The van der Waals surface area contributed by atoms with Crippen LogP contribution in [0.3, 0.4) is 0 Å². The molecule has 0 spiro atoms. The molecule has 3 aliphatic heterocycles. The van der Waals surface area contributed by atoms with Gasteiger partial charge < -0.3 is 93.7 Å². The lowest BCUT2D eigenvalue weighted by molar-refractivity contribution is -0.165. The molecule has 0 aromatic rings. The molecule has 0 unspecified atom stereocenters. The number of carbonyl (C=O) groups is 11. The summed E-state index contributed by atoms with van der Waals surface area (Å²) in [7, 11) is 0. The maximum absolute atomic E-state index is 14.1. The van der Waals surface area contributed by atoms with Crippen molar-refractivity contribution < 1.29 is 93.2 Å². The minimum Gasteiger partial charge on any atom is -0.479 e. The summed E-state index contributed by atoms with van der Waals surface area (Å²) < 4.78 is 5.61. The molecule has 30 heteroatoms. The Morgan fingerprint density at radius 2 is 1.21 bits per heavy atom. The Balaban J connectivity index is 2.10. The van der Waals surface area contributed by atoms with Crippen LogP contribution in [0.5, 0.6) is 0 Å². The van der Waals surface area contributed by atoms with Gasteiger partial charge in [-0.05, 0) is 58.8 Å². The smallest absolute Gasteiger partial charge is 0.335 e. The van der Waals surface area contributed by atoms with Gasteiger partial charge in [0.1, 0.15) is 48.4 Å². The Bertz CT molecular complexity index is 2180. The molecule has 3 rings (SSSR count). The van der Waals surface area contributed by atoms with Gasteiger partial charge in [-0.1, -0.05) is 71.1 Å². The topological polar surface area (TPSA) is 482 Å². The largest absolute Gasteiger partial charge is 0.479 e. The zero-order valence-electron chi connectivity index (χ0n) is 45.6. The fraction of sp³-hybridized carbons (Fsp3) is 0.760. The number of amides is 8. The van der Waals surface area contributed by atoms with E-state index < -0.39 is 164 Å². The molecule has 0 saturated carbocycles. The molecule has 3 saturated heterocycles. The number of cyclic esters (lactones) is 1. The summed E-state index contributed by atoms with van der Waals surface area (Å²) in [5, 5.41) is 86.6. The number of carboxylic acid groups (broad SMARTS) is 2. The number of unbranched alkanes of at least 4 members (excludes halogenated alkanes) is 10. The van der Waals surface area contributed by atoms with Gasteiger partial charge in [0.25, 0.3) is 0 Å². The van der Waals surface area contributed by atoms with Gasteiger partial charge in [-0.15, -0.1) is 0 Å². The molecular weight excluding hydrogens is 1060 g/mol. The summed E-state index contributed by atoms with van der Waals surface area (Å²) in [4.78, 5) is 155. The number of ether oxygens (including phenoxy) is 1. The summed E-state index contributed by atoms with van der Waals surface area (Å²) in [6.07, 6.45) is -1.30. The number of carboxylic acids is 2. The molecule has 8 amide bonds. The van der Waals surface area contributed by atoms with Crippen LogP contribution in [0.4, 0.5) is 0 Å². The van der Waals surface area contributed by atoms with Gasteiger partial charge in [-0.25, -0.2) is 14.4 Å². The lowest BCUT2D eigenvalue weighted by Crippen LogP contribution is -2.64. The molecule has 80 heavy (non-hydrogen) atoms. The maximum atomic E-state index is 14.1. The summed E-state index contributed by atoms with van der Waals surface area (Å²) in [5.74, 6) is -15.5. The number of hydrogen-bond donors (Lipinski definition) is 15. The maximum Gasteiger partial charge on any atom is 0.335 e. The summed E-state index contributed by atoms with van der Waals surface area (Å²) in [6.45, 7) is 2.62. The first-order valence-corrected chi connectivity index (χ1v) is 27.3. The second-order valence-electron chi connectivity index (χ2n) is 20.4. The highest BCUT2D eigenvalue weighted by Crippen LogP contribution is 2.23. The zero-order chi connectivity index (χ0) is 59.8. The van der Waals surface area contributed by atoms with Crippen molar-refractivity contribution in [3.63, 3.8) is 0 Å². The Hall–Kier alpha value is -6.76. The van der Waals surface area contributed by atoms with Crippen LogP contribution in [0.15, 0.2) is 4.99 Å². The number of guanidine groups is 1. The van der Waals surface area contributed by atoms with E-state index >= 15 is 0 Å². The van der Waals surface area contributed by atoms with Crippen molar-refractivity contribution in [3.05, 3.63) is 0 Å². The van der Waals surface area contributed by atoms with Gasteiger partial charge in [0.15, 0.2) is 24.2 Å². The van der Waals surface area contributed by atoms with Gasteiger partial charge in [0, 0.05) is 19.6 Å². The SMILES string of the molecule is CCCCCCCCCCCCC[C@H]1CC(=O)N[C@@H]([C@@H](C)O)C(=O)N[C@@H](C)C(=O)N2CCC[C@H]2C(=O)N[C@@H](CCCN=C(N)N)C(=O)N[C@H]([C@H](O)C(=O)O)C(=O)N[C@H](CO)C(=O)N2CC[C@H](O)[C@H]2C(=O)N[C@H]([C@@H](O)C(=O)O)C(=O)O1. The van der Waals surface area contributed by atoms with E-state index in [1.54, 1.807) is 0 Å². The number of rotatable bonds is 22. The number of nitrogens with two attached hydrogens (primary N) is 2. The molecule has 30 nitrogen and oxygen atoms in total. The number of aliphatic hydroxyl groups excluding tert-OH is 5. The second-order valence-corrected chi connectivity index (χ2v) is 20.4. The predicted octanol–water partition coefficient (Wildman–Crippen LogP) is -4.80. The monoisotopic (exact) mass is 1140 g/mol. The number of nitrogens with zero attached hydrogens (tertiary/aromatic N) is 3. The van der Waals surface area contributed by atoms with E-state index in [4.69, 9.17) is 16.2 Å². The molecule has 452 valence electrons. The number of carbonyl (C=O) groups excluding carboxylic acids is 9.